The third kappa shape index (κ3) is 4.02. The van der Waals surface area contributed by atoms with Crippen LogP contribution in [-0.2, 0) is 19.3 Å². The molecule has 0 unspecified atom stereocenters. The van der Waals surface area contributed by atoms with Crippen LogP contribution in [0, 0.1) is 0 Å². The maximum atomic E-state index is 12.7. The van der Waals surface area contributed by atoms with Crippen molar-refractivity contribution in [3.8, 4) is 0 Å². The van der Waals surface area contributed by atoms with Gasteiger partial charge in [-0.25, -0.2) is 13.1 Å². The van der Waals surface area contributed by atoms with E-state index >= 15 is 0 Å². The van der Waals surface area contributed by atoms with Gasteiger partial charge in [0.1, 0.15) is 0 Å². The summed E-state index contributed by atoms with van der Waals surface area (Å²) in [7, 11) is -4.29. The van der Waals surface area contributed by atoms with Gasteiger partial charge in [0.2, 0.25) is 10.0 Å². The summed E-state index contributed by atoms with van der Waals surface area (Å²) in [5.74, 6) is 0. The minimum absolute atomic E-state index is 0.222. The van der Waals surface area contributed by atoms with Gasteiger partial charge in [0.05, 0.1) is 16.1 Å². The molecule has 1 saturated heterocycles. The first kappa shape index (κ1) is 19.4. The van der Waals surface area contributed by atoms with E-state index in [2.05, 4.69) is 11.6 Å². The fraction of sp³-hybridized carbons (Fsp3) is 0.647. The lowest BCUT2D eigenvalue weighted by Crippen LogP contribution is -2.41. The van der Waals surface area contributed by atoms with Gasteiger partial charge in [-0.15, -0.1) is 0 Å². The molecule has 0 radical (unpaired) electrons. The van der Waals surface area contributed by atoms with Crippen LogP contribution in [0.25, 0.3) is 0 Å². The predicted octanol–water partition coefficient (Wildman–Crippen LogP) is 2.45. The van der Waals surface area contributed by atoms with Crippen molar-refractivity contribution in [2.45, 2.75) is 70.0 Å². The highest BCUT2D eigenvalue weighted by molar-refractivity contribution is 7.89. The van der Waals surface area contributed by atoms with Crippen LogP contribution in [0.3, 0.4) is 0 Å². The van der Waals surface area contributed by atoms with Crippen LogP contribution in [0.2, 0.25) is 0 Å². The molecule has 24 heavy (non-hydrogen) atoms. The summed E-state index contributed by atoms with van der Waals surface area (Å²) in [6.07, 6.45) is 2.88. The Balaban J connectivity index is 2.25. The molecule has 1 N–H and O–H groups in total. The third-order valence-electron chi connectivity index (χ3n) is 4.79. The molecular weight excluding hydrogens is 325 g/mol. The molecule has 0 atom stereocenters. The minimum Gasteiger partial charge on any atom is -0.399 e. The van der Waals surface area contributed by atoms with E-state index in [0.717, 1.165) is 19.3 Å². The van der Waals surface area contributed by atoms with E-state index in [0.29, 0.717) is 12.0 Å². The molecule has 134 valence electrons. The number of rotatable bonds is 7. The van der Waals surface area contributed by atoms with E-state index in [1.54, 1.807) is 24.3 Å². The third-order valence-corrected chi connectivity index (χ3v) is 6.32. The van der Waals surface area contributed by atoms with Crippen LogP contribution < -0.4 is 10.2 Å². The standard InChI is InChI=1S/C17H28BNO4S/c1-6-7-10-13-19-24(20,21)15-12-9-8-11-14(15)18-22-16(2,3)17(4,5)23-18/h8-9,11-12,19H,6-7,10,13H2,1-5H3. The maximum Gasteiger partial charge on any atom is 0.496 e. The quantitative estimate of drug-likeness (QED) is 0.604. The molecule has 0 saturated carbocycles. The molecular formula is C17H28BNO4S. The van der Waals surface area contributed by atoms with E-state index in [9.17, 15) is 8.42 Å². The van der Waals surface area contributed by atoms with Gasteiger partial charge < -0.3 is 9.31 Å². The number of hydrogen-bond donors (Lipinski definition) is 1. The lowest BCUT2D eigenvalue weighted by molar-refractivity contribution is 0.00578. The summed E-state index contributed by atoms with van der Waals surface area (Å²) in [4.78, 5) is 0.222. The fourth-order valence-corrected chi connectivity index (χ4v) is 3.85. The molecule has 7 heteroatoms. The van der Waals surface area contributed by atoms with E-state index in [1.165, 1.54) is 0 Å². The van der Waals surface area contributed by atoms with Gasteiger partial charge in [-0.1, -0.05) is 38.0 Å². The first-order valence-electron chi connectivity index (χ1n) is 8.55. The second-order valence-corrected chi connectivity index (χ2v) is 8.97. The molecule has 0 aliphatic carbocycles. The monoisotopic (exact) mass is 353 g/mol. The Hall–Kier alpha value is -0.885. The van der Waals surface area contributed by atoms with Gasteiger partial charge in [-0.3, -0.25) is 0 Å². The zero-order valence-electron chi connectivity index (χ0n) is 15.3. The van der Waals surface area contributed by atoms with E-state index in [4.69, 9.17) is 9.31 Å². The number of sulfonamides is 1. The van der Waals surface area contributed by atoms with Crippen molar-refractivity contribution >= 4 is 22.6 Å². The first-order valence-corrected chi connectivity index (χ1v) is 10.0. The number of nitrogens with one attached hydrogen (secondary N) is 1. The summed E-state index contributed by atoms with van der Waals surface area (Å²) in [5.41, 5.74) is -0.481. The summed E-state index contributed by atoms with van der Waals surface area (Å²) in [6, 6.07) is 6.87. The van der Waals surface area contributed by atoms with Gasteiger partial charge in [0, 0.05) is 12.0 Å². The number of unbranched alkanes of at least 4 members (excludes halogenated alkanes) is 2. The summed E-state index contributed by atoms with van der Waals surface area (Å²) >= 11 is 0. The number of benzene rings is 1. The normalized spacial score (nSPS) is 19.6. The zero-order chi connectivity index (χ0) is 18.0. The van der Waals surface area contributed by atoms with Crippen LogP contribution in [0.4, 0.5) is 0 Å². The Labute approximate surface area is 146 Å². The smallest absolute Gasteiger partial charge is 0.399 e. The SMILES string of the molecule is CCCCCNS(=O)(=O)c1ccccc1B1OC(C)(C)C(C)(C)O1. The Bertz CT molecular complexity index is 657. The highest BCUT2D eigenvalue weighted by Crippen LogP contribution is 2.36. The summed E-state index contributed by atoms with van der Waals surface area (Å²) < 4.78 is 40.1. The van der Waals surface area contributed by atoms with Crippen molar-refractivity contribution in [1.82, 2.24) is 4.72 Å². The fourth-order valence-electron chi connectivity index (χ4n) is 2.55. The van der Waals surface area contributed by atoms with E-state index in [1.807, 2.05) is 27.7 Å². The highest BCUT2D eigenvalue weighted by atomic mass is 32.2. The van der Waals surface area contributed by atoms with Crippen molar-refractivity contribution in [2.75, 3.05) is 6.54 Å². The van der Waals surface area contributed by atoms with Crippen LogP contribution in [0.1, 0.15) is 53.9 Å². The molecule has 5 nitrogen and oxygen atoms in total. The Morgan fingerprint density at radius 1 is 1.04 bits per heavy atom. The van der Waals surface area contributed by atoms with Crippen LogP contribution >= 0.6 is 0 Å². The molecule has 2 rings (SSSR count). The average molecular weight is 353 g/mol. The molecule has 0 bridgehead atoms. The van der Waals surface area contributed by atoms with Crippen molar-refractivity contribution in [3.63, 3.8) is 0 Å². The van der Waals surface area contributed by atoms with Crippen LogP contribution in [-0.4, -0.2) is 33.3 Å². The molecule has 1 heterocycles. The summed E-state index contributed by atoms with van der Waals surface area (Å²) in [5, 5.41) is 0. The van der Waals surface area contributed by atoms with Crippen LogP contribution in [0.5, 0.6) is 0 Å². The predicted molar refractivity (Wildman–Crippen MR) is 96.9 cm³/mol. The molecule has 1 aliphatic rings. The Morgan fingerprint density at radius 2 is 1.62 bits per heavy atom. The topological polar surface area (TPSA) is 64.6 Å². The molecule has 0 spiro atoms. The summed E-state index contributed by atoms with van der Waals surface area (Å²) in [6.45, 7) is 10.3. The Kier molecular flexibility index (Phi) is 5.80. The maximum absolute atomic E-state index is 12.7. The van der Waals surface area contributed by atoms with E-state index < -0.39 is 28.3 Å². The van der Waals surface area contributed by atoms with Gasteiger partial charge >= 0.3 is 7.12 Å². The van der Waals surface area contributed by atoms with Crippen molar-refractivity contribution in [3.05, 3.63) is 24.3 Å². The van der Waals surface area contributed by atoms with Crippen molar-refractivity contribution in [1.29, 1.82) is 0 Å². The lowest BCUT2D eigenvalue weighted by Gasteiger charge is -2.32. The largest absolute Gasteiger partial charge is 0.496 e. The molecule has 0 aromatic heterocycles. The van der Waals surface area contributed by atoms with Gasteiger partial charge in [-0.2, -0.15) is 0 Å². The molecule has 0 amide bonds. The molecule has 1 aromatic carbocycles. The van der Waals surface area contributed by atoms with Gasteiger partial charge in [0.15, 0.2) is 0 Å². The van der Waals surface area contributed by atoms with Crippen LogP contribution in [0.15, 0.2) is 29.2 Å². The van der Waals surface area contributed by atoms with E-state index in [-0.39, 0.29) is 4.90 Å². The Morgan fingerprint density at radius 3 is 2.21 bits per heavy atom. The van der Waals surface area contributed by atoms with Gasteiger partial charge in [-0.05, 0) is 40.2 Å². The van der Waals surface area contributed by atoms with Crippen molar-refractivity contribution < 1.29 is 17.7 Å². The molecule has 1 aromatic rings. The number of hydrogen-bond acceptors (Lipinski definition) is 4. The molecule has 1 aliphatic heterocycles. The average Bonchev–Trinajstić information content (AvgIpc) is 2.72. The minimum atomic E-state index is -3.59. The first-order chi connectivity index (χ1) is 11.1. The van der Waals surface area contributed by atoms with Crippen molar-refractivity contribution in [2.24, 2.45) is 0 Å². The second-order valence-electron chi connectivity index (χ2n) is 7.23. The second kappa shape index (κ2) is 7.16. The molecule has 1 fully saturated rings. The zero-order valence-corrected chi connectivity index (χ0v) is 16.1. The highest BCUT2D eigenvalue weighted by Gasteiger charge is 2.52. The van der Waals surface area contributed by atoms with Gasteiger partial charge in [0.25, 0.3) is 0 Å². The lowest BCUT2D eigenvalue weighted by atomic mass is 9.79.